The predicted octanol–water partition coefficient (Wildman–Crippen LogP) is 5.54. The van der Waals surface area contributed by atoms with Crippen molar-refractivity contribution in [2.24, 2.45) is 0 Å². The maximum absolute atomic E-state index is 14.0. The van der Waals surface area contributed by atoms with Crippen LogP contribution in [0, 0.1) is 5.82 Å². The summed E-state index contributed by atoms with van der Waals surface area (Å²) in [7, 11) is -4.25. The number of anilines is 1. The molecule has 1 unspecified atom stereocenters. The number of nitrogens with one attached hydrogen (secondary N) is 1. The van der Waals surface area contributed by atoms with Crippen LogP contribution in [0.2, 0.25) is 5.02 Å². The van der Waals surface area contributed by atoms with E-state index in [9.17, 15) is 22.4 Å². The average Bonchev–Trinajstić information content (AvgIpc) is 3.46. The van der Waals surface area contributed by atoms with E-state index in [2.05, 4.69) is 5.32 Å². The molecule has 10 heteroatoms. The van der Waals surface area contributed by atoms with Crippen molar-refractivity contribution in [1.29, 1.82) is 0 Å². The highest BCUT2D eigenvalue weighted by Crippen LogP contribution is 2.25. The first-order valence-corrected chi connectivity index (χ1v) is 15.2. The molecule has 0 heterocycles. The van der Waals surface area contributed by atoms with Gasteiger partial charge < -0.3 is 10.2 Å². The number of hydrogen-bond acceptors (Lipinski definition) is 4. The summed E-state index contributed by atoms with van der Waals surface area (Å²) in [5.74, 6) is -1.38. The molecular weight excluding hydrogens is 553 g/mol. The van der Waals surface area contributed by atoms with E-state index in [1.807, 2.05) is 6.92 Å². The van der Waals surface area contributed by atoms with Gasteiger partial charge in [0, 0.05) is 17.6 Å². The monoisotopic (exact) mass is 585 g/mol. The Bertz CT molecular complexity index is 1400. The minimum absolute atomic E-state index is 0.0636. The van der Waals surface area contributed by atoms with Gasteiger partial charge in [0.05, 0.1) is 10.6 Å². The van der Waals surface area contributed by atoms with Gasteiger partial charge in [0.25, 0.3) is 10.0 Å². The number of rotatable bonds is 11. The molecule has 1 N–H and O–H groups in total. The maximum Gasteiger partial charge on any atom is 0.264 e. The van der Waals surface area contributed by atoms with E-state index in [4.69, 9.17) is 11.6 Å². The second kappa shape index (κ2) is 13.3. The van der Waals surface area contributed by atoms with Gasteiger partial charge in [0.2, 0.25) is 11.8 Å². The average molecular weight is 586 g/mol. The van der Waals surface area contributed by atoms with Crippen molar-refractivity contribution in [2.75, 3.05) is 10.8 Å². The van der Waals surface area contributed by atoms with E-state index in [1.165, 1.54) is 17.0 Å². The van der Waals surface area contributed by atoms with Crippen molar-refractivity contribution in [2.45, 2.75) is 62.6 Å². The van der Waals surface area contributed by atoms with Crippen molar-refractivity contribution in [3.8, 4) is 0 Å². The number of para-hydroxylation sites is 1. The SMILES string of the molecule is CCC(C(=O)NC1CCCC1)N(Cc1ccc(Cl)cc1)C(=O)CN(c1ccccc1)S(=O)(=O)c1ccc(F)cc1. The molecule has 1 atom stereocenters. The van der Waals surface area contributed by atoms with Gasteiger partial charge in [-0.25, -0.2) is 12.8 Å². The summed E-state index contributed by atoms with van der Waals surface area (Å²) in [5.41, 5.74) is 1.02. The van der Waals surface area contributed by atoms with Gasteiger partial charge in [-0.2, -0.15) is 0 Å². The third-order valence-electron chi connectivity index (χ3n) is 7.08. The van der Waals surface area contributed by atoms with Crippen molar-refractivity contribution >= 4 is 39.1 Å². The van der Waals surface area contributed by atoms with Crippen molar-refractivity contribution in [3.05, 3.63) is 95.3 Å². The van der Waals surface area contributed by atoms with E-state index in [0.717, 1.165) is 47.7 Å². The summed E-state index contributed by atoms with van der Waals surface area (Å²) >= 11 is 6.06. The van der Waals surface area contributed by atoms with Crippen LogP contribution in [0.1, 0.15) is 44.6 Å². The van der Waals surface area contributed by atoms with Gasteiger partial charge in [-0.3, -0.25) is 13.9 Å². The zero-order valence-electron chi connectivity index (χ0n) is 22.3. The summed E-state index contributed by atoms with van der Waals surface area (Å²) in [4.78, 5) is 28.7. The smallest absolute Gasteiger partial charge is 0.264 e. The zero-order chi connectivity index (χ0) is 28.7. The van der Waals surface area contributed by atoms with Crippen LogP contribution < -0.4 is 9.62 Å². The quantitative estimate of drug-likeness (QED) is 0.320. The molecule has 4 rings (SSSR count). The molecule has 0 spiro atoms. The van der Waals surface area contributed by atoms with Crippen LogP contribution in [0.15, 0.2) is 83.8 Å². The number of amides is 2. The summed E-state index contributed by atoms with van der Waals surface area (Å²) in [5, 5.41) is 3.62. The molecule has 3 aromatic rings. The number of benzene rings is 3. The predicted molar refractivity (Wildman–Crippen MR) is 154 cm³/mol. The van der Waals surface area contributed by atoms with Gasteiger partial charge in [-0.15, -0.1) is 0 Å². The van der Waals surface area contributed by atoms with Gasteiger partial charge in [-0.1, -0.05) is 61.7 Å². The van der Waals surface area contributed by atoms with Crippen LogP contribution >= 0.6 is 11.6 Å². The van der Waals surface area contributed by atoms with Crippen molar-refractivity contribution < 1.29 is 22.4 Å². The Kier molecular flexibility index (Phi) is 9.81. The molecule has 1 saturated carbocycles. The Morgan fingerprint density at radius 2 is 1.60 bits per heavy atom. The maximum atomic E-state index is 14.0. The van der Waals surface area contributed by atoms with Gasteiger partial charge in [-0.05, 0) is 73.4 Å². The van der Waals surface area contributed by atoms with E-state index in [1.54, 1.807) is 54.6 Å². The highest BCUT2D eigenvalue weighted by molar-refractivity contribution is 7.92. The van der Waals surface area contributed by atoms with Gasteiger partial charge in [0.1, 0.15) is 18.4 Å². The first-order chi connectivity index (χ1) is 19.2. The number of hydrogen-bond donors (Lipinski definition) is 1. The molecular formula is C30H33ClFN3O4S. The lowest BCUT2D eigenvalue weighted by Crippen LogP contribution is -2.53. The van der Waals surface area contributed by atoms with E-state index < -0.39 is 34.3 Å². The van der Waals surface area contributed by atoms with Crippen LogP contribution in [0.4, 0.5) is 10.1 Å². The Morgan fingerprint density at radius 1 is 0.975 bits per heavy atom. The first-order valence-electron chi connectivity index (χ1n) is 13.4. The summed E-state index contributed by atoms with van der Waals surface area (Å²) in [6, 6.07) is 18.9. The third kappa shape index (κ3) is 7.20. The van der Waals surface area contributed by atoms with Crippen molar-refractivity contribution in [3.63, 3.8) is 0 Å². The van der Waals surface area contributed by atoms with Crippen LogP contribution in [0.3, 0.4) is 0 Å². The fourth-order valence-electron chi connectivity index (χ4n) is 4.93. The van der Waals surface area contributed by atoms with E-state index in [-0.39, 0.29) is 29.1 Å². The summed E-state index contributed by atoms with van der Waals surface area (Å²) in [6.45, 7) is 1.36. The minimum atomic E-state index is -4.25. The van der Waals surface area contributed by atoms with Crippen LogP contribution in [0.5, 0.6) is 0 Å². The largest absolute Gasteiger partial charge is 0.352 e. The van der Waals surface area contributed by atoms with Crippen molar-refractivity contribution in [1.82, 2.24) is 10.2 Å². The van der Waals surface area contributed by atoms with Crippen LogP contribution in [-0.4, -0.2) is 43.8 Å². The zero-order valence-corrected chi connectivity index (χ0v) is 23.9. The summed E-state index contributed by atoms with van der Waals surface area (Å²) < 4.78 is 42.1. The molecule has 40 heavy (non-hydrogen) atoms. The first kappa shape index (κ1) is 29.6. The highest BCUT2D eigenvalue weighted by Gasteiger charge is 2.34. The molecule has 0 aliphatic heterocycles. The molecule has 3 aromatic carbocycles. The molecule has 0 aromatic heterocycles. The molecule has 2 amide bonds. The third-order valence-corrected chi connectivity index (χ3v) is 9.12. The molecule has 1 aliphatic carbocycles. The molecule has 1 aliphatic rings. The lowest BCUT2D eigenvalue weighted by molar-refractivity contribution is -0.140. The molecule has 0 radical (unpaired) electrons. The lowest BCUT2D eigenvalue weighted by Gasteiger charge is -2.33. The van der Waals surface area contributed by atoms with Crippen LogP contribution in [0.25, 0.3) is 0 Å². The molecule has 7 nitrogen and oxygen atoms in total. The van der Waals surface area contributed by atoms with E-state index >= 15 is 0 Å². The number of halogens is 2. The molecule has 0 bridgehead atoms. The minimum Gasteiger partial charge on any atom is -0.352 e. The second-order valence-electron chi connectivity index (χ2n) is 9.86. The molecule has 1 fully saturated rings. The number of carbonyl (C=O) groups excluding carboxylic acids is 2. The topological polar surface area (TPSA) is 86.8 Å². The van der Waals surface area contributed by atoms with Crippen LogP contribution in [-0.2, 0) is 26.2 Å². The van der Waals surface area contributed by atoms with Gasteiger partial charge in [0.15, 0.2) is 0 Å². The Morgan fingerprint density at radius 3 is 2.20 bits per heavy atom. The lowest BCUT2D eigenvalue weighted by atomic mass is 10.1. The standard InChI is InChI=1S/C30H33ClFN3O4S/c1-2-28(30(37)33-25-8-6-7-9-25)34(20-22-12-14-23(31)15-13-22)29(36)21-35(26-10-4-3-5-11-26)40(38,39)27-18-16-24(32)17-19-27/h3-5,10-19,25,28H,2,6-9,20-21H2,1H3,(H,33,37). The number of nitrogens with zero attached hydrogens (tertiary/aromatic N) is 2. The second-order valence-corrected chi connectivity index (χ2v) is 12.2. The normalized spacial score (nSPS) is 14.5. The fourth-order valence-corrected chi connectivity index (χ4v) is 6.47. The number of sulfonamides is 1. The molecule has 0 saturated heterocycles. The highest BCUT2D eigenvalue weighted by atomic mass is 35.5. The Labute approximate surface area is 240 Å². The fraction of sp³-hybridized carbons (Fsp3) is 0.333. The number of carbonyl (C=O) groups is 2. The Hall–Kier alpha value is -3.43. The van der Waals surface area contributed by atoms with E-state index in [0.29, 0.717) is 11.4 Å². The molecule has 212 valence electrons. The Balaban J connectivity index is 1.68. The summed E-state index contributed by atoms with van der Waals surface area (Å²) in [6.07, 6.45) is 4.22. The van der Waals surface area contributed by atoms with Gasteiger partial charge >= 0.3 is 0 Å².